The van der Waals surface area contributed by atoms with E-state index < -0.39 is 0 Å². The molecule has 3 N–H and O–H groups in total. The SMILES string of the molecule is Cc1ccc(NC(=O)Nc2cnn(CCO)c2)cc1Cl. The van der Waals surface area contributed by atoms with Gasteiger partial charge in [0.25, 0.3) is 0 Å². The Labute approximate surface area is 121 Å². The molecule has 7 heteroatoms. The number of aryl methyl sites for hydroxylation is 1. The van der Waals surface area contributed by atoms with Crippen LogP contribution in [0.15, 0.2) is 30.6 Å². The van der Waals surface area contributed by atoms with Gasteiger partial charge in [-0.05, 0) is 24.6 Å². The highest BCUT2D eigenvalue weighted by Crippen LogP contribution is 2.20. The van der Waals surface area contributed by atoms with Crippen molar-refractivity contribution < 1.29 is 9.90 Å². The average molecular weight is 295 g/mol. The van der Waals surface area contributed by atoms with Gasteiger partial charge in [0.1, 0.15) is 0 Å². The van der Waals surface area contributed by atoms with Crippen molar-refractivity contribution in [1.82, 2.24) is 9.78 Å². The van der Waals surface area contributed by atoms with Crippen LogP contribution in [-0.4, -0.2) is 27.5 Å². The zero-order valence-corrected chi connectivity index (χ0v) is 11.7. The molecule has 20 heavy (non-hydrogen) atoms. The van der Waals surface area contributed by atoms with E-state index in [1.54, 1.807) is 23.0 Å². The number of carbonyl (C=O) groups excluding carboxylic acids is 1. The van der Waals surface area contributed by atoms with Gasteiger partial charge >= 0.3 is 6.03 Å². The number of hydrogen-bond acceptors (Lipinski definition) is 3. The van der Waals surface area contributed by atoms with Crippen molar-refractivity contribution in [3.8, 4) is 0 Å². The standard InChI is InChI=1S/C13H15ClN4O2/c1-9-2-3-10(6-12(9)14)16-13(20)17-11-7-15-18(8-11)4-5-19/h2-3,6-8,19H,4-5H2,1H3,(H2,16,17,20). The van der Waals surface area contributed by atoms with Crippen LogP contribution in [0, 0.1) is 6.92 Å². The van der Waals surface area contributed by atoms with Crippen molar-refractivity contribution in [2.24, 2.45) is 0 Å². The van der Waals surface area contributed by atoms with Gasteiger partial charge in [-0.3, -0.25) is 4.68 Å². The molecule has 0 aliphatic heterocycles. The van der Waals surface area contributed by atoms with Crippen molar-refractivity contribution in [2.45, 2.75) is 13.5 Å². The van der Waals surface area contributed by atoms with E-state index in [9.17, 15) is 4.79 Å². The Balaban J connectivity index is 1.95. The molecule has 1 aromatic heterocycles. The number of rotatable bonds is 4. The maximum Gasteiger partial charge on any atom is 0.323 e. The van der Waals surface area contributed by atoms with Crippen LogP contribution in [0.25, 0.3) is 0 Å². The summed E-state index contributed by atoms with van der Waals surface area (Å²) < 4.78 is 1.54. The first-order chi connectivity index (χ1) is 9.58. The highest BCUT2D eigenvalue weighted by Gasteiger charge is 2.06. The summed E-state index contributed by atoms with van der Waals surface area (Å²) in [6, 6.07) is 4.91. The Bertz CT molecular complexity index is 612. The minimum Gasteiger partial charge on any atom is -0.394 e. The molecule has 0 aliphatic rings. The van der Waals surface area contributed by atoms with Crippen molar-refractivity contribution >= 4 is 29.0 Å². The van der Waals surface area contributed by atoms with Crippen LogP contribution in [-0.2, 0) is 6.54 Å². The predicted octanol–water partition coefficient (Wildman–Crippen LogP) is 2.48. The number of benzene rings is 1. The molecule has 2 aromatic rings. The molecule has 1 aromatic carbocycles. The van der Waals surface area contributed by atoms with Gasteiger partial charge in [0.05, 0.1) is 25.0 Å². The number of halogens is 1. The minimum atomic E-state index is -0.381. The average Bonchev–Trinajstić information content (AvgIpc) is 2.81. The van der Waals surface area contributed by atoms with Crippen LogP contribution < -0.4 is 10.6 Å². The fourth-order valence-electron chi connectivity index (χ4n) is 1.62. The first-order valence-corrected chi connectivity index (χ1v) is 6.44. The number of anilines is 2. The summed E-state index contributed by atoms with van der Waals surface area (Å²) in [6.45, 7) is 2.27. The van der Waals surface area contributed by atoms with E-state index in [0.717, 1.165) is 5.56 Å². The van der Waals surface area contributed by atoms with Crippen molar-refractivity contribution in [3.05, 3.63) is 41.2 Å². The monoisotopic (exact) mass is 294 g/mol. The van der Waals surface area contributed by atoms with Crippen LogP contribution in [0.4, 0.5) is 16.2 Å². The number of amides is 2. The lowest BCUT2D eigenvalue weighted by atomic mass is 10.2. The van der Waals surface area contributed by atoms with Gasteiger partial charge in [0.2, 0.25) is 0 Å². The van der Waals surface area contributed by atoms with E-state index in [-0.39, 0.29) is 12.6 Å². The fraction of sp³-hybridized carbons (Fsp3) is 0.231. The molecule has 106 valence electrons. The molecular formula is C13H15ClN4O2. The van der Waals surface area contributed by atoms with Gasteiger partial charge in [-0.2, -0.15) is 5.10 Å². The lowest BCUT2D eigenvalue weighted by Crippen LogP contribution is -2.19. The first kappa shape index (κ1) is 14.4. The second-order valence-corrected chi connectivity index (χ2v) is 4.67. The molecule has 0 aliphatic carbocycles. The Morgan fingerprint density at radius 1 is 1.40 bits per heavy atom. The molecular weight excluding hydrogens is 280 g/mol. The number of urea groups is 1. The number of aromatic nitrogens is 2. The van der Waals surface area contributed by atoms with Gasteiger partial charge in [-0.15, -0.1) is 0 Å². The minimum absolute atomic E-state index is 0.00478. The number of carbonyl (C=O) groups is 1. The lowest BCUT2D eigenvalue weighted by molar-refractivity contribution is 0.262. The van der Waals surface area contributed by atoms with Gasteiger partial charge in [0, 0.05) is 16.9 Å². The Morgan fingerprint density at radius 2 is 2.15 bits per heavy atom. The molecule has 0 atom stereocenters. The van der Waals surface area contributed by atoms with Gasteiger partial charge in [-0.1, -0.05) is 17.7 Å². The molecule has 6 nitrogen and oxygen atoms in total. The number of aliphatic hydroxyl groups is 1. The summed E-state index contributed by atoms with van der Waals surface area (Å²) in [5.41, 5.74) is 2.11. The third-order valence-corrected chi connectivity index (χ3v) is 3.06. The highest BCUT2D eigenvalue weighted by molar-refractivity contribution is 6.31. The topological polar surface area (TPSA) is 79.2 Å². The van der Waals surface area contributed by atoms with Crippen LogP contribution in [0.3, 0.4) is 0 Å². The van der Waals surface area contributed by atoms with E-state index in [0.29, 0.717) is 22.9 Å². The molecule has 0 bridgehead atoms. The van der Waals surface area contributed by atoms with Gasteiger partial charge < -0.3 is 15.7 Å². The summed E-state index contributed by atoms with van der Waals surface area (Å²) >= 11 is 5.99. The third-order valence-electron chi connectivity index (χ3n) is 2.65. The normalized spacial score (nSPS) is 10.3. The molecule has 2 rings (SSSR count). The molecule has 1 heterocycles. The smallest absolute Gasteiger partial charge is 0.323 e. The predicted molar refractivity (Wildman–Crippen MR) is 78.1 cm³/mol. The Kier molecular flexibility index (Phi) is 4.60. The molecule has 0 unspecified atom stereocenters. The Morgan fingerprint density at radius 3 is 2.85 bits per heavy atom. The molecule has 0 radical (unpaired) electrons. The van der Waals surface area contributed by atoms with Crippen LogP contribution >= 0.6 is 11.6 Å². The van der Waals surface area contributed by atoms with E-state index in [1.807, 2.05) is 13.0 Å². The lowest BCUT2D eigenvalue weighted by Gasteiger charge is -2.07. The van der Waals surface area contributed by atoms with E-state index >= 15 is 0 Å². The maximum atomic E-state index is 11.8. The fourth-order valence-corrected chi connectivity index (χ4v) is 1.80. The molecule has 0 saturated carbocycles. The summed E-state index contributed by atoms with van der Waals surface area (Å²) in [4.78, 5) is 11.8. The summed E-state index contributed by atoms with van der Waals surface area (Å²) in [6.07, 6.45) is 3.15. The molecule has 2 amide bonds. The third kappa shape index (κ3) is 3.72. The number of nitrogens with zero attached hydrogens (tertiary/aromatic N) is 2. The zero-order valence-electron chi connectivity index (χ0n) is 10.9. The van der Waals surface area contributed by atoms with Crippen LogP contribution in [0.2, 0.25) is 5.02 Å². The van der Waals surface area contributed by atoms with Crippen molar-refractivity contribution in [3.63, 3.8) is 0 Å². The van der Waals surface area contributed by atoms with Crippen molar-refractivity contribution in [1.29, 1.82) is 0 Å². The number of hydrogen-bond donors (Lipinski definition) is 3. The maximum absolute atomic E-state index is 11.8. The van der Waals surface area contributed by atoms with E-state index in [4.69, 9.17) is 16.7 Å². The molecule has 0 saturated heterocycles. The van der Waals surface area contributed by atoms with Crippen LogP contribution in [0.1, 0.15) is 5.56 Å². The van der Waals surface area contributed by atoms with E-state index in [1.165, 1.54) is 6.20 Å². The van der Waals surface area contributed by atoms with E-state index in [2.05, 4.69) is 15.7 Å². The van der Waals surface area contributed by atoms with Gasteiger partial charge in [-0.25, -0.2) is 4.79 Å². The molecule has 0 fully saturated rings. The van der Waals surface area contributed by atoms with Crippen molar-refractivity contribution in [2.75, 3.05) is 17.2 Å². The quantitative estimate of drug-likeness (QED) is 0.810. The van der Waals surface area contributed by atoms with Crippen LogP contribution in [0.5, 0.6) is 0 Å². The zero-order chi connectivity index (χ0) is 14.5. The summed E-state index contributed by atoms with van der Waals surface area (Å²) in [5, 5.41) is 18.7. The largest absolute Gasteiger partial charge is 0.394 e. The Hall–Kier alpha value is -2.05. The highest BCUT2D eigenvalue weighted by atomic mass is 35.5. The number of aliphatic hydroxyl groups excluding tert-OH is 1. The second-order valence-electron chi connectivity index (χ2n) is 4.26. The summed E-state index contributed by atoms with van der Waals surface area (Å²) in [7, 11) is 0. The molecule has 0 spiro atoms. The second kappa shape index (κ2) is 6.40. The van der Waals surface area contributed by atoms with Gasteiger partial charge in [0.15, 0.2) is 0 Å². The number of nitrogens with one attached hydrogen (secondary N) is 2. The first-order valence-electron chi connectivity index (χ1n) is 6.06. The summed E-state index contributed by atoms with van der Waals surface area (Å²) in [5.74, 6) is 0.